The third-order valence-corrected chi connectivity index (χ3v) is 8.64. The number of benzene rings is 2. The van der Waals surface area contributed by atoms with Crippen LogP contribution in [0.2, 0.25) is 0 Å². The molecule has 246 valence electrons. The number of nitrogens with zero attached hydrogens (tertiary/aromatic N) is 4. The normalized spacial score (nSPS) is 14.4. The molecular weight excluding hydrogens is 582 g/mol. The molecule has 0 aromatic heterocycles. The topological polar surface area (TPSA) is 74.1 Å². The lowest BCUT2D eigenvalue weighted by molar-refractivity contribution is -0.116. The van der Waals surface area contributed by atoms with Gasteiger partial charge in [0.25, 0.3) is 5.70 Å². The van der Waals surface area contributed by atoms with Crippen molar-refractivity contribution >= 4 is 23.7 Å². The molecule has 0 saturated heterocycles. The van der Waals surface area contributed by atoms with Gasteiger partial charge in [-0.15, -0.1) is 0 Å². The molecule has 3 rings (SSSR count). The number of carbonyl (C=O) groups is 1. The highest BCUT2D eigenvalue weighted by Crippen LogP contribution is 2.31. The van der Waals surface area contributed by atoms with Crippen molar-refractivity contribution in [3.8, 4) is 11.8 Å². The quantitative estimate of drug-likeness (QED) is 0.0952. The predicted molar refractivity (Wildman–Crippen MR) is 192 cm³/mol. The van der Waals surface area contributed by atoms with Crippen molar-refractivity contribution in [3.05, 3.63) is 105 Å². The summed E-state index contributed by atoms with van der Waals surface area (Å²) in [5, 5.41) is 11.7. The lowest BCUT2D eigenvalue weighted by Gasteiger charge is -2.26. The number of allylic oxidation sites excluding steroid dienone is 1. The molecule has 2 aromatic rings. The number of anilines is 1. The van der Waals surface area contributed by atoms with E-state index in [1.165, 1.54) is 50.6 Å². The first-order valence-corrected chi connectivity index (χ1v) is 17.2. The Balaban J connectivity index is 1.80. The number of unbranched alkanes of at least 4 members (excludes halogenated alkanes) is 3. The molecule has 2 aromatic carbocycles. The number of nitriles is 1. The molecule has 1 amide bonds. The summed E-state index contributed by atoms with van der Waals surface area (Å²) in [5.74, 6) is 1.05. The van der Waals surface area contributed by atoms with Crippen molar-refractivity contribution in [1.29, 1.82) is 5.26 Å². The summed E-state index contributed by atoms with van der Waals surface area (Å²) in [6.07, 6.45) is 14.5. The van der Waals surface area contributed by atoms with Crippen LogP contribution in [0.3, 0.4) is 0 Å². The third kappa shape index (κ3) is 10.6. The molecule has 1 atom stereocenters. The molecule has 1 N–H and O–H groups in total. The van der Waals surface area contributed by atoms with Gasteiger partial charge in [0.05, 0.1) is 31.5 Å². The summed E-state index contributed by atoms with van der Waals surface area (Å²) in [4.78, 5) is 21.6. The largest absolute Gasteiger partial charge is 0.493 e. The van der Waals surface area contributed by atoms with E-state index in [1.807, 2.05) is 24.3 Å². The molecule has 7 nitrogen and oxygen atoms in total. The monoisotopic (exact) mass is 631 g/mol. The van der Waals surface area contributed by atoms with Gasteiger partial charge in [0.15, 0.2) is 0 Å². The van der Waals surface area contributed by atoms with E-state index in [4.69, 9.17) is 17.9 Å². The van der Waals surface area contributed by atoms with Gasteiger partial charge in [-0.05, 0) is 61.3 Å². The molecule has 1 heterocycles. The number of carbonyl (C=O) groups excluding carboxylic acids is 1. The van der Waals surface area contributed by atoms with Crippen molar-refractivity contribution in [1.82, 2.24) is 5.32 Å². The van der Waals surface area contributed by atoms with Gasteiger partial charge in [-0.1, -0.05) is 96.2 Å². The van der Waals surface area contributed by atoms with E-state index in [0.29, 0.717) is 24.3 Å². The molecule has 47 heavy (non-hydrogen) atoms. The number of rotatable bonds is 19. The van der Waals surface area contributed by atoms with E-state index >= 15 is 0 Å². The Morgan fingerprint density at radius 3 is 2.28 bits per heavy atom. The van der Waals surface area contributed by atoms with Crippen LogP contribution in [-0.4, -0.2) is 25.6 Å². The van der Waals surface area contributed by atoms with Gasteiger partial charge in [-0.2, -0.15) is 0 Å². The number of hydrogen-bond donors (Lipinski definition) is 1. The van der Waals surface area contributed by atoms with Crippen LogP contribution in [0.5, 0.6) is 5.75 Å². The second-order valence-electron chi connectivity index (χ2n) is 12.1. The minimum Gasteiger partial charge on any atom is -0.493 e. The molecule has 1 aliphatic heterocycles. The first-order chi connectivity index (χ1) is 22.9. The van der Waals surface area contributed by atoms with E-state index in [1.54, 1.807) is 6.07 Å². The van der Waals surface area contributed by atoms with Crippen LogP contribution < -0.4 is 15.0 Å². The highest BCUT2D eigenvalue weighted by Gasteiger charge is 2.29. The fraction of sp³-hybridized carbons (Fsp3) is 0.450. The first kappa shape index (κ1) is 36.7. The Hall–Kier alpha value is -4.80. The van der Waals surface area contributed by atoms with Crippen LogP contribution in [0, 0.1) is 30.4 Å². The molecular formula is C40H49N5O2. The zero-order chi connectivity index (χ0) is 34.0. The zero-order valence-corrected chi connectivity index (χ0v) is 28.6. The molecule has 1 unspecified atom stereocenters. The lowest BCUT2D eigenvalue weighted by atomic mass is 10.0. The molecule has 0 spiro atoms. The summed E-state index contributed by atoms with van der Waals surface area (Å²) in [7, 11) is 0. The third-order valence-electron chi connectivity index (χ3n) is 8.64. The Morgan fingerprint density at radius 1 is 0.979 bits per heavy atom. The number of ether oxygens (including phenoxy) is 1. The summed E-state index contributed by atoms with van der Waals surface area (Å²) in [6.45, 7) is 26.5. The first-order valence-electron chi connectivity index (χ1n) is 17.2. The molecule has 0 radical (unpaired) electrons. The summed E-state index contributed by atoms with van der Waals surface area (Å²) in [6, 6.07) is 16.5. The summed E-state index contributed by atoms with van der Waals surface area (Å²) >= 11 is 0. The predicted octanol–water partition coefficient (Wildman–Crippen LogP) is 9.75. The van der Waals surface area contributed by atoms with Gasteiger partial charge in [0, 0.05) is 36.0 Å². The Morgan fingerprint density at radius 2 is 1.68 bits per heavy atom. The van der Waals surface area contributed by atoms with Crippen molar-refractivity contribution in [3.63, 3.8) is 0 Å². The van der Waals surface area contributed by atoms with E-state index in [0.717, 1.165) is 48.6 Å². The maximum Gasteiger partial charge on any atom is 0.274 e. The van der Waals surface area contributed by atoms with Crippen molar-refractivity contribution in [2.45, 2.75) is 91.9 Å². The average molecular weight is 632 g/mol. The van der Waals surface area contributed by atoms with Crippen LogP contribution in [0.4, 0.5) is 5.69 Å². The van der Waals surface area contributed by atoms with Gasteiger partial charge < -0.3 is 15.0 Å². The maximum absolute atomic E-state index is 12.5. The van der Waals surface area contributed by atoms with Crippen LogP contribution >= 0.6 is 0 Å². The zero-order valence-electron chi connectivity index (χ0n) is 28.6. The van der Waals surface area contributed by atoms with Gasteiger partial charge in [-0.25, -0.2) is 15.0 Å². The Labute approximate surface area is 282 Å². The minimum absolute atomic E-state index is 0.0233. The summed E-state index contributed by atoms with van der Waals surface area (Å²) in [5.41, 5.74) is 4.49. The smallest absolute Gasteiger partial charge is 0.274 e. The van der Waals surface area contributed by atoms with E-state index in [9.17, 15) is 10.1 Å². The van der Waals surface area contributed by atoms with Crippen molar-refractivity contribution in [2.24, 2.45) is 5.92 Å². The molecule has 0 fully saturated rings. The van der Waals surface area contributed by atoms with Crippen molar-refractivity contribution in [2.75, 3.05) is 24.6 Å². The van der Waals surface area contributed by atoms with E-state index in [2.05, 4.69) is 78.0 Å². The maximum atomic E-state index is 12.5. The SMILES string of the molecule is [C-]#[N+]C1=C(CCc2ccc(/C=C/c3ccc(N(CCCC)CCCC)cc3OCC(CC)CCCC)cc2)C(=O)N/C1=C(\C#N)[N+]#[C-]. The fourth-order valence-corrected chi connectivity index (χ4v) is 5.58. The molecule has 0 bridgehead atoms. The number of amides is 1. The van der Waals surface area contributed by atoms with Crippen molar-refractivity contribution < 1.29 is 9.53 Å². The van der Waals surface area contributed by atoms with Crippen LogP contribution in [0.15, 0.2) is 65.1 Å². The number of aryl methyl sites for hydroxylation is 1. The van der Waals surface area contributed by atoms with Crippen LogP contribution in [-0.2, 0) is 11.2 Å². The fourth-order valence-electron chi connectivity index (χ4n) is 5.58. The second kappa shape index (κ2) is 19.7. The van der Waals surface area contributed by atoms with E-state index in [-0.39, 0.29) is 17.1 Å². The van der Waals surface area contributed by atoms with Crippen LogP contribution in [0.1, 0.15) is 102 Å². The highest BCUT2D eigenvalue weighted by atomic mass is 16.5. The van der Waals surface area contributed by atoms with E-state index < -0.39 is 5.91 Å². The van der Waals surface area contributed by atoms with Gasteiger partial charge >= 0.3 is 0 Å². The molecule has 0 saturated carbocycles. The van der Waals surface area contributed by atoms with Gasteiger partial charge in [-0.3, -0.25) is 4.79 Å². The molecule has 1 aliphatic rings. The average Bonchev–Trinajstić information content (AvgIpc) is 3.42. The number of hydrogen-bond acceptors (Lipinski definition) is 4. The van der Waals surface area contributed by atoms with Crippen LogP contribution in [0.25, 0.3) is 21.8 Å². The lowest BCUT2D eigenvalue weighted by Crippen LogP contribution is -2.25. The number of nitrogens with one attached hydrogen (secondary N) is 1. The minimum atomic E-state index is -0.416. The second-order valence-corrected chi connectivity index (χ2v) is 12.1. The molecule has 0 aliphatic carbocycles. The highest BCUT2D eigenvalue weighted by molar-refractivity contribution is 6.01. The Kier molecular flexibility index (Phi) is 15.3. The Bertz CT molecular complexity index is 1540. The molecule has 7 heteroatoms. The summed E-state index contributed by atoms with van der Waals surface area (Å²) < 4.78 is 6.57. The standard InChI is InChI=1S/C40H49N5O2/c1-7-11-14-30(10-4)29-47-37-27-34(45(25-12-8-2)26-13-9-3)23-22-33(37)21-19-31-15-17-32(18-16-31)20-24-35-38(43-6)39(44-40(35)46)36(28-41)42-5/h15-19,21-23,27,30H,7-14,20,24-26,29H2,1-4H3,(H,44,46)/b21-19+,39-36+. The van der Waals surface area contributed by atoms with Gasteiger partial charge in [0.1, 0.15) is 5.75 Å². The van der Waals surface area contributed by atoms with Gasteiger partial charge in [0.2, 0.25) is 11.6 Å².